The lowest BCUT2D eigenvalue weighted by atomic mass is 10.2. The molecule has 1 amide bonds. The predicted molar refractivity (Wildman–Crippen MR) is 111 cm³/mol. The highest BCUT2D eigenvalue weighted by molar-refractivity contribution is 9.10. The summed E-state index contributed by atoms with van der Waals surface area (Å²) in [4.78, 5) is 16.8. The lowest BCUT2D eigenvalue weighted by molar-refractivity contribution is 0.102. The van der Waals surface area contributed by atoms with E-state index in [1.807, 2.05) is 12.1 Å². The molecule has 0 fully saturated rings. The Kier molecular flexibility index (Phi) is 4.72. The standard InChI is InChI=1S/C20H12Br2N2O3/c21-13-4-1-11(2-5-13)19(26)23-14-6-8-18-16(10-14)24-20(27-18)12-3-7-17(25)15(22)9-12/h1-10,25H,(H,23,26). The molecule has 1 aromatic heterocycles. The lowest BCUT2D eigenvalue weighted by Gasteiger charge is -2.05. The monoisotopic (exact) mass is 486 g/mol. The van der Waals surface area contributed by atoms with Gasteiger partial charge in [-0.2, -0.15) is 0 Å². The van der Waals surface area contributed by atoms with Gasteiger partial charge in [-0.1, -0.05) is 15.9 Å². The van der Waals surface area contributed by atoms with Crippen molar-refractivity contribution < 1.29 is 14.3 Å². The number of aromatic hydroxyl groups is 1. The van der Waals surface area contributed by atoms with Crippen molar-refractivity contribution in [2.45, 2.75) is 0 Å². The van der Waals surface area contributed by atoms with E-state index in [4.69, 9.17) is 4.42 Å². The molecule has 0 aliphatic rings. The van der Waals surface area contributed by atoms with Gasteiger partial charge in [-0.25, -0.2) is 4.98 Å². The second-order valence-electron chi connectivity index (χ2n) is 5.83. The van der Waals surface area contributed by atoms with Crippen LogP contribution in [0.15, 0.2) is 74.0 Å². The van der Waals surface area contributed by atoms with Crippen LogP contribution in [0.3, 0.4) is 0 Å². The minimum absolute atomic E-state index is 0.146. The first-order valence-electron chi connectivity index (χ1n) is 7.96. The van der Waals surface area contributed by atoms with Gasteiger partial charge < -0.3 is 14.8 Å². The van der Waals surface area contributed by atoms with E-state index in [0.29, 0.717) is 32.7 Å². The maximum absolute atomic E-state index is 12.4. The van der Waals surface area contributed by atoms with Crippen molar-refractivity contribution in [2.75, 3.05) is 5.32 Å². The van der Waals surface area contributed by atoms with Crippen molar-refractivity contribution in [3.8, 4) is 17.2 Å². The van der Waals surface area contributed by atoms with Gasteiger partial charge in [0, 0.05) is 21.3 Å². The highest BCUT2D eigenvalue weighted by atomic mass is 79.9. The first kappa shape index (κ1) is 17.8. The number of nitrogens with zero attached hydrogens (tertiary/aromatic N) is 1. The minimum atomic E-state index is -0.201. The fourth-order valence-electron chi connectivity index (χ4n) is 2.57. The van der Waals surface area contributed by atoms with Crippen LogP contribution in [0.1, 0.15) is 10.4 Å². The third-order valence-corrected chi connectivity index (χ3v) is 5.11. The molecule has 0 atom stereocenters. The van der Waals surface area contributed by atoms with Crippen LogP contribution in [0.2, 0.25) is 0 Å². The predicted octanol–water partition coefficient (Wildman–Crippen LogP) is 5.98. The topological polar surface area (TPSA) is 75.4 Å². The van der Waals surface area contributed by atoms with Gasteiger partial charge in [0.1, 0.15) is 11.3 Å². The Morgan fingerprint density at radius 1 is 1.00 bits per heavy atom. The van der Waals surface area contributed by atoms with E-state index in [1.54, 1.807) is 48.5 Å². The third-order valence-electron chi connectivity index (χ3n) is 3.95. The molecule has 0 aliphatic carbocycles. The van der Waals surface area contributed by atoms with Gasteiger partial charge in [-0.05, 0) is 76.6 Å². The second-order valence-corrected chi connectivity index (χ2v) is 7.60. The number of carbonyl (C=O) groups is 1. The number of phenols is 1. The molecule has 7 heteroatoms. The van der Waals surface area contributed by atoms with Gasteiger partial charge in [0.05, 0.1) is 4.47 Å². The Labute approximate surface area is 171 Å². The number of aromatic nitrogens is 1. The quantitative estimate of drug-likeness (QED) is 0.372. The number of rotatable bonds is 3. The number of benzene rings is 3. The van der Waals surface area contributed by atoms with E-state index < -0.39 is 0 Å². The van der Waals surface area contributed by atoms with E-state index in [-0.39, 0.29) is 11.7 Å². The number of nitrogens with one attached hydrogen (secondary N) is 1. The summed E-state index contributed by atoms with van der Waals surface area (Å²) in [5, 5.41) is 12.5. The normalized spacial score (nSPS) is 10.9. The van der Waals surface area contributed by atoms with Crippen LogP contribution in [-0.4, -0.2) is 16.0 Å². The summed E-state index contributed by atoms with van der Waals surface area (Å²) in [6.45, 7) is 0. The van der Waals surface area contributed by atoms with Gasteiger partial charge in [-0.15, -0.1) is 0 Å². The Morgan fingerprint density at radius 2 is 1.78 bits per heavy atom. The number of carbonyl (C=O) groups excluding carboxylic acids is 1. The number of hydrogen-bond acceptors (Lipinski definition) is 4. The number of amides is 1. The Bertz CT molecular complexity index is 1150. The summed E-state index contributed by atoms with van der Waals surface area (Å²) < 4.78 is 7.25. The molecule has 0 unspecified atom stereocenters. The van der Waals surface area contributed by atoms with Crippen LogP contribution < -0.4 is 5.32 Å². The fraction of sp³-hybridized carbons (Fsp3) is 0. The molecular weight excluding hydrogens is 476 g/mol. The first-order valence-corrected chi connectivity index (χ1v) is 9.54. The zero-order valence-electron chi connectivity index (χ0n) is 13.7. The van der Waals surface area contributed by atoms with Crippen LogP contribution in [0.25, 0.3) is 22.6 Å². The van der Waals surface area contributed by atoms with Crippen LogP contribution in [-0.2, 0) is 0 Å². The van der Waals surface area contributed by atoms with Crippen molar-refractivity contribution in [1.82, 2.24) is 4.98 Å². The molecule has 3 aromatic carbocycles. The molecule has 0 saturated heterocycles. The molecular formula is C20H12Br2N2O3. The average molecular weight is 488 g/mol. The molecule has 0 saturated carbocycles. The number of fused-ring (bicyclic) bond motifs is 1. The molecule has 134 valence electrons. The number of halogens is 2. The molecule has 5 nitrogen and oxygen atoms in total. The Balaban J connectivity index is 1.61. The summed E-state index contributed by atoms with van der Waals surface area (Å²) >= 11 is 6.63. The molecule has 0 radical (unpaired) electrons. The summed E-state index contributed by atoms with van der Waals surface area (Å²) in [5.41, 5.74) is 3.16. The molecule has 4 rings (SSSR count). The highest BCUT2D eigenvalue weighted by Crippen LogP contribution is 2.31. The van der Waals surface area contributed by atoms with Crippen LogP contribution in [0, 0.1) is 0 Å². The molecule has 2 N–H and O–H groups in total. The minimum Gasteiger partial charge on any atom is -0.507 e. The zero-order valence-corrected chi connectivity index (χ0v) is 16.9. The first-order chi connectivity index (χ1) is 13.0. The number of anilines is 1. The molecule has 0 aliphatic heterocycles. The molecule has 0 spiro atoms. The number of hydrogen-bond donors (Lipinski definition) is 2. The van der Waals surface area contributed by atoms with Crippen molar-refractivity contribution in [3.63, 3.8) is 0 Å². The average Bonchev–Trinajstić information content (AvgIpc) is 3.08. The number of phenolic OH excluding ortho intramolecular Hbond substituents is 1. The molecule has 27 heavy (non-hydrogen) atoms. The van der Waals surface area contributed by atoms with Gasteiger partial charge in [-0.3, -0.25) is 4.79 Å². The van der Waals surface area contributed by atoms with E-state index in [2.05, 4.69) is 42.2 Å². The van der Waals surface area contributed by atoms with E-state index >= 15 is 0 Å². The summed E-state index contributed by atoms with van der Waals surface area (Å²) in [7, 11) is 0. The van der Waals surface area contributed by atoms with Crippen LogP contribution in [0.5, 0.6) is 5.75 Å². The summed E-state index contributed by atoms with van der Waals surface area (Å²) in [6, 6.07) is 17.4. The van der Waals surface area contributed by atoms with Crippen molar-refractivity contribution in [1.29, 1.82) is 0 Å². The maximum atomic E-state index is 12.4. The molecule has 0 bridgehead atoms. The Hall–Kier alpha value is -2.64. The molecule has 1 heterocycles. The van der Waals surface area contributed by atoms with Crippen molar-refractivity contribution in [2.24, 2.45) is 0 Å². The largest absolute Gasteiger partial charge is 0.507 e. The van der Waals surface area contributed by atoms with Crippen molar-refractivity contribution >= 4 is 54.6 Å². The number of oxazole rings is 1. The van der Waals surface area contributed by atoms with Gasteiger partial charge in [0.25, 0.3) is 5.91 Å². The van der Waals surface area contributed by atoms with E-state index in [9.17, 15) is 9.90 Å². The van der Waals surface area contributed by atoms with Gasteiger partial charge in [0.15, 0.2) is 5.58 Å². The van der Waals surface area contributed by atoms with Crippen molar-refractivity contribution in [3.05, 3.63) is 75.2 Å². The highest BCUT2D eigenvalue weighted by Gasteiger charge is 2.12. The summed E-state index contributed by atoms with van der Waals surface area (Å²) in [5.74, 6) is 0.378. The Morgan fingerprint density at radius 3 is 2.52 bits per heavy atom. The second kappa shape index (κ2) is 7.17. The lowest BCUT2D eigenvalue weighted by Crippen LogP contribution is -2.11. The van der Waals surface area contributed by atoms with Gasteiger partial charge >= 0.3 is 0 Å². The smallest absolute Gasteiger partial charge is 0.255 e. The van der Waals surface area contributed by atoms with E-state index in [1.165, 1.54) is 0 Å². The molecule has 4 aromatic rings. The third kappa shape index (κ3) is 3.74. The zero-order chi connectivity index (χ0) is 19.0. The van der Waals surface area contributed by atoms with Crippen LogP contribution >= 0.6 is 31.9 Å². The van der Waals surface area contributed by atoms with Crippen LogP contribution in [0.4, 0.5) is 5.69 Å². The SMILES string of the molecule is O=C(Nc1ccc2oc(-c3ccc(O)c(Br)c3)nc2c1)c1ccc(Br)cc1. The van der Waals surface area contributed by atoms with E-state index in [0.717, 1.165) is 10.0 Å². The summed E-state index contributed by atoms with van der Waals surface area (Å²) in [6.07, 6.45) is 0. The fourth-order valence-corrected chi connectivity index (χ4v) is 3.22. The van der Waals surface area contributed by atoms with Gasteiger partial charge in [0.2, 0.25) is 5.89 Å². The maximum Gasteiger partial charge on any atom is 0.255 e.